The standard InChI is InChI=1S/C45H29N3OS2/c1-2-11-26(12-3-1)43-46-44(27-23-24-39-36(25-27)29-14-5-7-22-38(29)50-39)48-45(47-43)35-20-10-19-34-33-18-9-17-32(41(33)51-42(34)35)31-16-8-15-30-28-13-4-6-21-37(28)49-40(30)31/h1-25,43-44,46H,(H,47,48). The van der Waals surface area contributed by atoms with Gasteiger partial charge in [-0.05, 0) is 41.5 Å². The Labute approximate surface area is 301 Å². The monoisotopic (exact) mass is 691 g/mol. The first-order chi connectivity index (χ1) is 25.3. The van der Waals surface area contributed by atoms with Crippen LogP contribution in [0.4, 0.5) is 0 Å². The normalized spacial score (nSPS) is 16.4. The molecule has 4 nitrogen and oxygen atoms in total. The van der Waals surface area contributed by atoms with Crippen molar-refractivity contribution < 1.29 is 4.42 Å². The second kappa shape index (κ2) is 11.4. The highest BCUT2D eigenvalue weighted by Crippen LogP contribution is 2.45. The molecule has 1 aliphatic heterocycles. The zero-order valence-electron chi connectivity index (χ0n) is 27.3. The van der Waals surface area contributed by atoms with E-state index in [0.717, 1.165) is 44.5 Å². The van der Waals surface area contributed by atoms with Crippen molar-refractivity contribution >= 4 is 90.8 Å². The number of fused-ring (bicyclic) bond motifs is 9. The lowest BCUT2D eigenvalue weighted by molar-refractivity contribution is 0.409. The maximum atomic E-state index is 6.50. The van der Waals surface area contributed by atoms with Crippen molar-refractivity contribution in [2.24, 2.45) is 4.99 Å². The summed E-state index contributed by atoms with van der Waals surface area (Å²) in [5.41, 5.74) is 7.56. The summed E-state index contributed by atoms with van der Waals surface area (Å²) in [6.45, 7) is 0. The predicted molar refractivity (Wildman–Crippen MR) is 216 cm³/mol. The molecule has 0 saturated heterocycles. The minimum absolute atomic E-state index is 0.121. The Hall–Kier alpha value is -5.79. The molecule has 3 aromatic heterocycles. The van der Waals surface area contributed by atoms with Gasteiger partial charge in [0.1, 0.15) is 29.3 Å². The van der Waals surface area contributed by atoms with Gasteiger partial charge in [0.05, 0.1) is 0 Å². The van der Waals surface area contributed by atoms with Gasteiger partial charge in [0.25, 0.3) is 0 Å². The molecule has 11 rings (SSSR count). The first-order valence-electron chi connectivity index (χ1n) is 17.2. The van der Waals surface area contributed by atoms with Crippen LogP contribution in [0.2, 0.25) is 0 Å². The summed E-state index contributed by atoms with van der Waals surface area (Å²) in [5, 5.41) is 14.9. The Balaban J connectivity index is 1.09. The summed E-state index contributed by atoms with van der Waals surface area (Å²) in [7, 11) is 0. The predicted octanol–water partition coefficient (Wildman–Crippen LogP) is 12.3. The van der Waals surface area contributed by atoms with Crippen LogP contribution in [0.1, 0.15) is 29.0 Å². The smallest absolute Gasteiger partial charge is 0.143 e. The topological polar surface area (TPSA) is 49.6 Å². The summed E-state index contributed by atoms with van der Waals surface area (Å²) >= 11 is 3.68. The van der Waals surface area contributed by atoms with Gasteiger partial charge in [0.15, 0.2) is 0 Å². The number of nitrogens with zero attached hydrogens (tertiary/aromatic N) is 1. The summed E-state index contributed by atoms with van der Waals surface area (Å²) in [4.78, 5) is 5.42. The van der Waals surface area contributed by atoms with Crippen molar-refractivity contribution in [3.8, 4) is 11.1 Å². The quantitative estimate of drug-likeness (QED) is 0.193. The maximum absolute atomic E-state index is 6.50. The first-order valence-corrected chi connectivity index (χ1v) is 18.8. The van der Waals surface area contributed by atoms with Crippen LogP contribution in [0.3, 0.4) is 0 Å². The molecule has 2 atom stereocenters. The lowest BCUT2D eigenvalue weighted by Crippen LogP contribution is -2.44. The van der Waals surface area contributed by atoms with Crippen LogP contribution < -0.4 is 10.6 Å². The average Bonchev–Trinajstić information content (AvgIpc) is 3.89. The van der Waals surface area contributed by atoms with E-state index < -0.39 is 0 Å². The Morgan fingerprint density at radius 3 is 2.02 bits per heavy atom. The molecule has 0 bridgehead atoms. The fourth-order valence-corrected chi connectivity index (χ4v) is 10.2. The minimum Gasteiger partial charge on any atom is -0.455 e. The van der Waals surface area contributed by atoms with Crippen LogP contribution in [0.25, 0.3) is 73.4 Å². The molecule has 0 amide bonds. The number of aliphatic imine (C=N–C) groups is 1. The molecule has 2 N–H and O–H groups in total. The molecular formula is C45H29N3OS2. The zero-order chi connectivity index (χ0) is 33.5. The van der Waals surface area contributed by atoms with Crippen molar-refractivity contribution in [1.29, 1.82) is 0 Å². The van der Waals surface area contributed by atoms with E-state index in [1.54, 1.807) is 0 Å². The average molecular weight is 692 g/mol. The van der Waals surface area contributed by atoms with E-state index >= 15 is 0 Å². The second-order valence-corrected chi connectivity index (χ2v) is 15.2. The molecule has 10 aromatic rings. The van der Waals surface area contributed by atoms with Crippen molar-refractivity contribution in [2.45, 2.75) is 12.3 Å². The molecule has 6 heteroatoms. The van der Waals surface area contributed by atoms with Crippen molar-refractivity contribution in [1.82, 2.24) is 10.6 Å². The van der Waals surface area contributed by atoms with Crippen molar-refractivity contribution in [3.63, 3.8) is 0 Å². The summed E-state index contributed by atoms with van der Waals surface area (Å²) in [5.74, 6) is 0.890. The van der Waals surface area contributed by atoms with E-state index in [0.29, 0.717) is 0 Å². The van der Waals surface area contributed by atoms with E-state index in [1.165, 1.54) is 51.5 Å². The number of furan rings is 1. The molecular weight excluding hydrogens is 663 g/mol. The third-order valence-corrected chi connectivity index (χ3v) is 12.6. The van der Waals surface area contributed by atoms with Crippen LogP contribution in [-0.2, 0) is 0 Å². The van der Waals surface area contributed by atoms with Gasteiger partial charge >= 0.3 is 0 Å². The lowest BCUT2D eigenvalue weighted by Gasteiger charge is -2.32. The van der Waals surface area contributed by atoms with Crippen LogP contribution in [0.5, 0.6) is 0 Å². The number of nitrogens with one attached hydrogen (secondary N) is 2. The third kappa shape index (κ3) is 4.58. The number of hydrogen-bond donors (Lipinski definition) is 2. The van der Waals surface area contributed by atoms with Crippen LogP contribution >= 0.6 is 22.7 Å². The maximum Gasteiger partial charge on any atom is 0.143 e. The van der Waals surface area contributed by atoms with Gasteiger partial charge in [0.2, 0.25) is 0 Å². The van der Waals surface area contributed by atoms with E-state index in [1.807, 2.05) is 28.7 Å². The highest BCUT2D eigenvalue weighted by molar-refractivity contribution is 7.27. The van der Waals surface area contributed by atoms with Gasteiger partial charge in [-0.3, -0.25) is 5.32 Å². The molecule has 7 aromatic carbocycles. The van der Waals surface area contributed by atoms with E-state index in [4.69, 9.17) is 9.41 Å². The molecule has 0 fully saturated rings. The van der Waals surface area contributed by atoms with Gasteiger partial charge < -0.3 is 9.73 Å². The lowest BCUT2D eigenvalue weighted by atomic mass is 9.99. The zero-order valence-corrected chi connectivity index (χ0v) is 28.9. The van der Waals surface area contributed by atoms with E-state index in [9.17, 15) is 0 Å². The van der Waals surface area contributed by atoms with Gasteiger partial charge in [0, 0.05) is 67.8 Å². The Morgan fingerprint density at radius 1 is 0.490 bits per heavy atom. The van der Waals surface area contributed by atoms with Gasteiger partial charge in [-0.15, -0.1) is 22.7 Å². The Morgan fingerprint density at radius 2 is 1.16 bits per heavy atom. The Kier molecular flexibility index (Phi) is 6.46. The Bertz CT molecular complexity index is 3010. The molecule has 51 heavy (non-hydrogen) atoms. The SMILES string of the molecule is c1ccc(C2NC(c3cccc4c3sc3c(-c5cccc6c5oc5ccccc56)cccc34)=NC(c3ccc4sc5ccccc5c4c3)N2)cc1. The van der Waals surface area contributed by atoms with Crippen LogP contribution in [0.15, 0.2) is 161 Å². The summed E-state index contributed by atoms with van der Waals surface area (Å²) < 4.78 is 11.6. The molecule has 0 aliphatic carbocycles. The third-order valence-electron chi connectivity index (χ3n) is 10.2. The van der Waals surface area contributed by atoms with E-state index in [2.05, 4.69) is 156 Å². The van der Waals surface area contributed by atoms with Gasteiger partial charge in [-0.1, -0.05) is 121 Å². The first kappa shape index (κ1) is 29.0. The minimum atomic E-state index is -0.236. The highest BCUT2D eigenvalue weighted by atomic mass is 32.1. The van der Waals surface area contributed by atoms with Gasteiger partial charge in [-0.25, -0.2) is 4.99 Å². The molecule has 4 heterocycles. The number of amidine groups is 1. The highest BCUT2D eigenvalue weighted by Gasteiger charge is 2.27. The molecule has 0 spiro atoms. The fraction of sp³-hybridized carbons (Fsp3) is 0.0444. The van der Waals surface area contributed by atoms with Crippen LogP contribution in [0, 0.1) is 0 Å². The van der Waals surface area contributed by atoms with Crippen molar-refractivity contribution in [3.05, 3.63) is 168 Å². The molecule has 0 saturated carbocycles. The van der Waals surface area contributed by atoms with Crippen molar-refractivity contribution in [2.75, 3.05) is 0 Å². The van der Waals surface area contributed by atoms with Gasteiger partial charge in [-0.2, -0.15) is 0 Å². The number of rotatable bonds is 4. The second-order valence-electron chi connectivity index (χ2n) is 13.1. The number of hydrogen-bond acceptors (Lipinski definition) is 6. The molecule has 2 unspecified atom stereocenters. The number of benzene rings is 7. The number of para-hydroxylation sites is 2. The molecule has 1 aliphatic rings. The largest absolute Gasteiger partial charge is 0.455 e. The fourth-order valence-electron chi connectivity index (χ4n) is 7.77. The summed E-state index contributed by atoms with van der Waals surface area (Å²) in [6.07, 6.45) is -0.357. The summed E-state index contributed by atoms with van der Waals surface area (Å²) in [6, 6.07) is 54.1. The molecule has 0 radical (unpaired) electrons. The molecule has 242 valence electrons. The van der Waals surface area contributed by atoms with Crippen LogP contribution in [-0.4, -0.2) is 5.84 Å². The van der Waals surface area contributed by atoms with E-state index in [-0.39, 0.29) is 12.3 Å². The number of thiophene rings is 2.